The smallest absolute Gasteiger partial charge is 0.388 e. The number of thiophene rings is 1. The molecular formula is C12H15F3OS. The average molecular weight is 264 g/mol. The first kappa shape index (κ1) is 12.9. The molecule has 0 saturated heterocycles. The number of aliphatic hydroxyl groups is 1. The zero-order valence-electron chi connectivity index (χ0n) is 9.28. The Bertz CT molecular complexity index is 347. The van der Waals surface area contributed by atoms with E-state index in [4.69, 9.17) is 0 Å². The van der Waals surface area contributed by atoms with Crippen LogP contribution in [-0.2, 0) is 0 Å². The highest BCUT2D eigenvalue weighted by atomic mass is 32.1. The molecule has 1 saturated carbocycles. The van der Waals surface area contributed by atoms with Gasteiger partial charge in [0.05, 0.1) is 12.0 Å². The summed E-state index contributed by atoms with van der Waals surface area (Å²) in [7, 11) is 0. The number of alkyl halides is 3. The maximum Gasteiger partial charge on any atom is 0.391 e. The molecule has 1 fully saturated rings. The van der Waals surface area contributed by atoms with Crippen molar-refractivity contribution in [2.45, 2.75) is 38.0 Å². The molecule has 1 heterocycles. The van der Waals surface area contributed by atoms with E-state index in [9.17, 15) is 18.3 Å². The maximum absolute atomic E-state index is 12.6. The molecule has 96 valence electrons. The van der Waals surface area contributed by atoms with E-state index in [2.05, 4.69) is 0 Å². The van der Waals surface area contributed by atoms with E-state index in [1.165, 1.54) is 11.3 Å². The molecule has 1 aliphatic rings. The van der Waals surface area contributed by atoms with Crippen LogP contribution in [0, 0.1) is 11.8 Å². The largest absolute Gasteiger partial charge is 0.391 e. The quantitative estimate of drug-likeness (QED) is 0.850. The van der Waals surface area contributed by atoms with Gasteiger partial charge in [0.1, 0.15) is 0 Å². The molecule has 0 aliphatic heterocycles. The summed E-state index contributed by atoms with van der Waals surface area (Å²) in [5.41, 5.74) is 0.753. The van der Waals surface area contributed by atoms with Crippen LogP contribution in [0.2, 0.25) is 0 Å². The lowest BCUT2D eigenvalue weighted by Gasteiger charge is -2.33. The van der Waals surface area contributed by atoms with Crippen LogP contribution in [0.1, 0.15) is 37.4 Å². The van der Waals surface area contributed by atoms with Gasteiger partial charge in [0, 0.05) is 0 Å². The van der Waals surface area contributed by atoms with Gasteiger partial charge in [0.2, 0.25) is 0 Å². The third-order valence-electron chi connectivity index (χ3n) is 3.51. The highest BCUT2D eigenvalue weighted by Gasteiger charge is 2.43. The van der Waals surface area contributed by atoms with Gasteiger partial charge < -0.3 is 5.11 Å². The summed E-state index contributed by atoms with van der Waals surface area (Å²) in [4.78, 5) is 0. The highest BCUT2D eigenvalue weighted by molar-refractivity contribution is 7.07. The number of halogens is 3. The van der Waals surface area contributed by atoms with Crippen molar-refractivity contribution in [1.82, 2.24) is 0 Å². The average Bonchev–Trinajstić information content (AvgIpc) is 2.80. The molecule has 1 aliphatic carbocycles. The van der Waals surface area contributed by atoms with Gasteiger partial charge in [-0.05, 0) is 47.6 Å². The molecule has 0 bridgehead atoms. The van der Waals surface area contributed by atoms with Crippen LogP contribution in [-0.4, -0.2) is 11.3 Å². The second-order valence-corrected chi connectivity index (χ2v) is 5.45. The monoisotopic (exact) mass is 264 g/mol. The van der Waals surface area contributed by atoms with Gasteiger partial charge in [-0.15, -0.1) is 0 Å². The van der Waals surface area contributed by atoms with Crippen LogP contribution >= 0.6 is 11.3 Å². The van der Waals surface area contributed by atoms with Crippen LogP contribution in [0.25, 0.3) is 0 Å². The lowest BCUT2D eigenvalue weighted by molar-refractivity contribution is -0.189. The van der Waals surface area contributed by atoms with Gasteiger partial charge in [0.25, 0.3) is 0 Å². The molecule has 2 rings (SSSR count). The molecule has 0 amide bonds. The third-order valence-corrected chi connectivity index (χ3v) is 4.21. The summed E-state index contributed by atoms with van der Waals surface area (Å²) in [6, 6.07) is 1.78. The summed E-state index contributed by atoms with van der Waals surface area (Å²) >= 11 is 1.46. The molecule has 5 heteroatoms. The zero-order chi connectivity index (χ0) is 12.5. The van der Waals surface area contributed by atoms with Crippen molar-refractivity contribution < 1.29 is 18.3 Å². The number of rotatable bonds is 2. The fourth-order valence-corrected chi connectivity index (χ4v) is 3.22. The molecule has 1 aromatic heterocycles. The zero-order valence-corrected chi connectivity index (χ0v) is 10.1. The van der Waals surface area contributed by atoms with Gasteiger partial charge >= 0.3 is 6.18 Å². The molecule has 1 N–H and O–H groups in total. The number of hydrogen-bond donors (Lipinski definition) is 1. The lowest BCUT2D eigenvalue weighted by Crippen LogP contribution is -2.30. The summed E-state index contributed by atoms with van der Waals surface area (Å²) in [5, 5.41) is 13.7. The minimum atomic E-state index is -4.12. The van der Waals surface area contributed by atoms with Crippen molar-refractivity contribution >= 4 is 11.3 Å². The normalized spacial score (nSPS) is 28.0. The Labute approximate surface area is 102 Å². The Morgan fingerprint density at radius 1 is 1.35 bits per heavy atom. The van der Waals surface area contributed by atoms with Gasteiger partial charge in [0.15, 0.2) is 0 Å². The minimum Gasteiger partial charge on any atom is -0.388 e. The Kier molecular flexibility index (Phi) is 3.78. The van der Waals surface area contributed by atoms with Gasteiger partial charge in [-0.2, -0.15) is 24.5 Å². The van der Waals surface area contributed by atoms with Crippen LogP contribution in [0.5, 0.6) is 0 Å². The van der Waals surface area contributed by atoms with E-state index >= 15 is 0 Å². The molecule has 0 radical (unpaired) electrons. The van der Waals surface area contributed by atoms with Gasteiger partial charge in [-0.3, -0.25) is 0 Å². The molecule has 1 nitrogen and oxygen atoms in total. The van der Waals surface area contributed by atoms with E-state index in [-0.39, 0.29) is 18.8 Å². The first-order chi connectivity index (χ1) is 7.98. The van der Waals surface area contributed by atoms with E-state index in [1.807, 2.05) is 10.8 Å². The van der Waals surface area contributed by atoms with Crippen molar-refractivity contribution in [3.8, 4) is 0 Å². The Balaban J connectivity index is 2.02. The Morgan fingerprint density at radius 2 is 2.12 bits per heavy atom. The first-order valence-corrected chi connectivity index (χ1v) is 6.69. The molecular weight excluding hydrogens is 249 g/mol. The SMILES string of the molecule is OC(c1ccsc1)C1CCCC(C(F)(F)F)C1. The fraction of sp³-hybridized carbons (Fsp3) is 0.667. The summed E-state index contributed by atoms with van der Waals surface area (Å²) < 4.78 is 37.9. The summed E-state index contributed by atoms with van der Waals surface area (Å²) in [6.45, 7) is 0. The van der Waals surface area contributed by atoms with Gasteiger partial charge in [-0.25, -0.2) is 0 Å². The third kappa shape index (κ3) is 3.01. The van der Waals surface area contributed by atoms with E-state index in [0.29, 0.717) is 12.8 Å². The predicted molar refractivity (Wildman–Crippen MR) is 60.8 cm³/mol. The molecule has 3 atom stereocenters. The molecule has 0 aromatic carbocycles. The standard InChI is InChI=1S/C12H15F3OS/c13-12(14,15)10-3-1-2-8(6-10)11(16)9-4-5-17-7-9/h4-5,7-8,10-11,16H,1-3,6H2. The second kappa shape index (κ2) is 4.98. The number of hydrogen-bond acceptors (Lipinski definition) is 2. The van der Waals surface area contributed by atoms with Crippen LogP contribution in [0.15, 0.2) is 16.8 Å². The van der Waals surface area contributed by atoms with E-state index < -0.39 is 18.2 Å². The first-order valence-electron chi connectivity index (χ1n) is 5.75. The van der Waals surface area contributed by atoms with E-state index in [0.717, 1.165) is 5.56 Å². The Hall–Kier alpha value is -0.550. The van der Waals surface area contributed by atoms with Gasteiger partial charge in [-0.1, -0.05) is 6.42 Å². The Morgan fingerprint density at radius 3 is 2.71 bits per heavy atom. The predicted octanol–water partition coefficient (Wildman–Crippen LogP) is 4.15. The molecule has 3 unspecified atom stereocenters. The van der Waals surface area contributed by atoms with Crippen molar-refractivity contribution in [2.75, 3.05) is 0 Å². The summed E-state index contributed by atoms with van der Waals surface area (Å²) in [6.07, 6.45) is -3.37. The topological polar surface area (TPSA) is 20.2 Å². The van der Waals surface area contributed by atoms with Crippen molar-refractivity contribution in [3.05, 3.63) is 22.4 Å². The number of aliphatic hydroxyl groups excluding tert-OH is 1. The summed E-state index contributed by atoms with van der Waals surface area (Å²) in [5.74, 6) is -1.50. The molecule has 17 heavy (non-hydrogen) atoms. The second-order valence-electron chi connectivity index (χ2n) is 4.67. The minimum absolute atomic E-state index is 0.0561. The van der Waals surface area contributed by atoms with Crippen LogP contribution < -0.4 is 0 Å². The lowest BCUT2D eigenvalue weighted by atomic mass is 9.77. The molecule has 1 aromatic rings. The molecule has 0 spiro atoms. The van der Waals surface area contributed by atoms with Crippen molar-refractivity contribution in [1.29, 1.82) is 0 Å². The van der Waals surface area contributed by atoms with E-state index in [1.54, 1.807) is 6.07 Å². The van der Waals surface area contributed by atoms with Crippen molar-refractivity contribution in [2.24, 2.45) is 11.8 Å². The fourth-order valence-electron chi connectivity index (χ4n) is 2.53. The highest BCUT2D eigenvalue weighted by Crippen LogP contribution is 2.44. The maximum atomic E-state index is 12.6. The van der Waals surface area contributed by atoms with Crippen molar-refractivity contribution in [3.63, 3.8) is 0 Å². The van der Waals surface area contributed by atoms with Crippen LogP contribution in [0.4, 0.5) is 13.2 Å². The van der Waals surface area contributed by atoms with Crippen LogP contribution in [0.3, 0.4) is 0 Å².